The Morgan fingerprint density at radius 3 is 2.09 bits per heavy atom. The minimum atomic E-state index is -3.16. The average molecular weight is 177 g/mol. The van der Waals surface area contributed by atoms with Crippen LogP contribution in [0.25, 0.3) is 0 Å². The Hall–Kier alpha value is -0.420. The van der Waals surface area contributed by atoms with Gasteiger partial charge in [0.2, 0.25) is 10.0 Å². The van der Waals surface area contributed by atoms with Crippen LogP contribution in [0, 0.1) is 0 Å². The lowest BCUT2D eigenvalue weighted by Gasteiger charge is -2.29. The second kappa shape index (κ2) is 2.57. The Balaban J connectivity index is 2.69. The zero-order chi connectivity index (χ0) is 8.65. The van der Waals surface area contributed by atoms with E-state index in [2.05, 4.69) is 0 Å². The van der Waals surface area contributed by atoms with Crippen LogP contribution in [0.4, 0.5) is 0 Å². The van der Waals surface area contributed by atoms with E-state index in [1.54, 1.807) is 13.8 Å². The van der Waals surface area contributed by atoms with Gasteiger partial charge in [0.15, 0.2) is 5.78 Å². The second-order valence-electron chi connectivity index (χ2n) is 2.90. The van der Waals surface area contributed by atoms with Gasteiger partial charge in [0.25, 0.3) is 0 Å². The summed E-state index contributed by atoms with van der Waals surface area (Å²) in [6, 6.07) is 0. The van der Waals surface area contributed by atoms with Crippen LogP contribution >= 0.6 is 0 Å². The number of carbonyl (C=O) groups is 1. The first-order valence-corrected chi connectivity index (χ1v) is 4.95. The first-order valence-electron chi connectivity index (χ1n) is 3.45. The predicted molar refractivity (Wildman–Crippen MR) is 40.6 cm³/mol. The molecule has 0 N–H and O–H groups in total. The van der Waals surface area contributed by atoms with Crippen LogP contribution < -0.4 is 0 Å². The van der Waals surface area contributed by atoms with E-state index in [0.717, 1.165) is 0 Å². The predicted octanol–water partition coefficient (Wildman–Crippen LogP) is -0.391. The summed E-state index contributed by atoms with van der Waals surface area (Å²) in [6.45, 7) is 3.36. The Bertz CT molecular complexity index is 260. The van der Waals surface area contributed by atoms with Gasteiger partial charge in [-0.15, -0.1) is 0 Å². The number of hydrogen-bond acceptors (Lipinski definition) is 3. The van der Waals surface area contributed by atoms with E-state index < -0.39 is 15.3 Å². The Labute approximate surface area is 66.2 Å². The molecule has 1 aliphatic rings. The van der Waals surface area contributed by atoms with Crippen molar-refractivity contribution in [2.75, 3.05) is 13.1 Å². The van der Waals surface area contributed by atoms with E-state index in [9.17, 15) is 13.2 Å². The number of sulfonamides is 1. The maximum absolute atomic E-state index is 11.2. The van der Waals surface area contributed by atoms with Gasteiger partial charge in [-0.25, -0.2) is 8.42 Å². The first kappa shape index (κ1) is 8.67. The molecular formula is C6H11NO3S. The molecule has 0 spiro atoms. The van der Waals surface area contributed by atoms with Crippen molar-refractivity contribution in [1.82, 2.24) is 4.31 Å². The fourth-order valence-electron chi connectivity index (χ4n) is 0.825. The van der Waals surface area contributed by atoms with Gasteiger partial charge >= 0.3 is 0 Å². The normalized spacial score (nSPS) is 20.5. The van der Waals surface area contributed by atoms with Crippen LogP contribution in [0.15, 0.2) is 0 Å². The molecule has 11 heavy (non-hydrogen) atoms. The molecule has 64 valence electrons. The highest BCUT2D eigenvalue weighted by molar-refractivity contribution is 7.89. The molecule has 0 atom stereocenters. The zero-order valence-corrected chi connectivity index (χ0v) is 7.39. The molecule has 0 amide bonds. The summed E-state index contributed by atoms with van der Waals surface area (Å²) >= 11 is 0. The Kier molecular flexibility index (Phi) is 2.02. The van der Waals surface area contributed by atoms with Crippen molar-refractivity contribution in [2.45, 2.75) is 19.1 Å². The lowest BCUT2D eigenvalue weighted by Crippen LogP contribution is -2.52. The van der Waals surface area contributed by atoms with Crippen molar-refractivity contribution in [3.63, 3.8) is 0 Å². The fraction of sp³-hybridized carbons (Fsp3) is 0.833. The van der Waals surface area contributed by atoms with Gasteiger partial charge in [-0.05, 0) is 13.8 Å². The molecule has 0 saturated carbocycles. The van der Waals surface area contributed by atoms with E-state index in [1.807, 2.05) is 0 Å². The largest absolute Gasteiger partial charge is 0.297 e. The molecule has 1 fully saturated rings. The lowest BCUT2D eigenvalue weighted by molar-refractivity contribution is -0.125. The van der Waals surface area contributed by atoms with Crippen molar-refractivity contribution in [1.29, 1.82) is 0 Å². The van der Waals surface area contributed by atoms with Crippen LogP contribution in [0.5, 0.6) is 0 Å². The molecular weight excluding hydrogens is 166 g/mol. The molecule has 1 aliphatic heterocycles. The highest BCUT2D eigenvalue weighted by Crippen LogP contribution is 2.13. The van der Waals surface area contributed by atoms with Gasteiger partial charge in [0, 0.05) is 0 Å². The molecule has 0 aromatic heterocycles. The maximum atomic E-state index is 11.2. The SMILES string of the molecule is CC(C)S(=O)(=O)N1CC(=O)C1. The summed E-state index contributed by atoms with van der Waals surface area (Å²) in [5, 5.41) is -0.421. The zero-order valence-electron chi connectivity index (χ0n) is 6.57. The summed E-state index contributed by atoms with van der Waals surface area (Å²) in [5.74, 6) is -0.00535. The number of hydrogen-bond donors (Lipinski definition) is 0. The lowest BCUT2D eigenvalue weighted by atomic mass is 10.3. The van der Waals surface area contributed by atoms with E-state index in [4.69, 9.17) is 0 Å². The highest BCUT2D eigenvalue weighted by atomic mass is 32.2. The highest BCUT2D eigenvalue weighted by Gasteiger charge is 2.35. The van der Waals surface area contributed by atoms with E-state index in [-0.39, 0.29) is 18.9 Å². The van der Waals surface area contributed by atoms with Crippen molar-refractivity contribution >= 4 is 15.8 Å². The number of ketones is 1. The molecule has 0 aliphatic carbocycles. The fourth-order valence-corrected chi connectivity index (χ4v) is 2.07. The monoisotopic (exact) mass is 177 g/mol. The van der Waals surface area contributed by atoms with Gasteiger partial charge in [0.05, 0.1) is 18.3 Å². The topological polar surface area (TPSA) is 54.5 Å². The van der Waals surface area contributed by atoms with Gasteiger partial charge in [-0.1, -0.05) is 0 Å². The van der Waals surface area contributed by atoms with Crippen molar-refractivity contribution in [3.8, 4) is 0 Å². The Morgan fingerprint density at radius 1 is 1.36 bits per heavy atom. The molecule has 1 saturated heterocycles. The quantitative estimate of drug-likeness (QED) is 0.577. The van der Waals surface area contributed by atoms with Crippen molar-refractivity contribution < 1.29 is 13.2 Å². The minimum absolute atomic E-state index is 0.00535. The summed E-state index contributed by atoms with van der Waals surface area (Å²) in [5.41, 5.74) is 0. The van der Waals surface area contributed by atoms with Crippen molar-refractivity contribution in [2.24, 2.45) is 0 Å². The second-order valence-corrected chi connectivity index (χ2v) is 5.39. The van der Waals surface area contributed by atoms with Crippen LogP contribution in [-0.4, -0.2) is 36.8 Å². The molecule has 4 nitrogen and oxygen atoms in total. The molecule has 0 aromatic carbocycles. The summed E-state index contributed by atoms with van der Waals surface area (Å²) in [4.78, 5) is 10.5. The summed E-state index contributed by atoms with van der Waals surface area (Å²) in [6.07, 6.45) is 0. The van der Waals surface area contributed by atoms with Crippen LogP contribution in [0.1, 0.15) is 13.8 Å². The number of nitrogens with zero attached hydrogens (tertiary/aromatic N) is 1. The average Bonchev–Trinajstić information content (AvgIpc) is 1.80. The number of Topliss-reactive ketones (excluding diaryl/α,β-unsaturated/α-hetero) is 1. The number of rotatable bonds is 2. The maximum Gasteiger partial charge on any atom is 0.217 e. The molecule has 0 bridgehead atoms. The van der Waals surface area contributed by atoms with Crippen LogP contribution in [-0.2, 0) is 14.8 Å². The molecule has 0 aromatic rings. The molecule has 1 heterocycles. The van der Waals surface area contributed by atoms with Crippen molar-refractivity contribution in [3.05, 3.63) is 0 Å². The molecule has 5 heteroatoms. The molecule has 0 unspecified atom stereocenters. The third kappa shape index (κ3) is 1.44. The standard InChI is InChI=1S/C6H11NO3S/c1-5(2)11(9,10)7-3-6(8)4-7/h5H,3-4H2,1-2H3. The minimum Gasteiger partial charge on any atom is -0.297 e. The van der Waals surface area contributed by atoms with Gasteiger partial charge in [-0.2, -0.15) is 4.31 Å². The van der Waals surface area contributed by atoms with E-state index >= 15 is 0 Å². The smallest absolute Gasteiger partial charge is 0.217 e. The van der Waals surface area contributed by atoms with Gasteiger partial charge < -0.3 is 0 Å². The van der Waals surface area contributed by atoms with Gasteiger partial charge in [0.1, 0.15) is 0 Å². The summed E-state index contributed by atoms with van der Waals surface area (Å²) in [7, 11) is -3.16. The third-order valence-corrected chi connectivity index (χ3v) is 3.83. The number of carbonyl (C=O) groups excluding carboxylic acids is 1. The van der Waals surface area contributed by atoms with E-state index in [1.165, 1.54) is 4.31 Å². The van der Waals surface area contributed by atoms with Crippen LogP contribution in [0.2, 0.25) is 0 Å². The summed E-state index contributed by atoms with van der Waals surface area (Å²) < 4.78 is 23.7. The third-order valence-electron chi connectivity index (χ3n) is 1.66. The van der Waals surface area contributed by atoms with E-state index in [0.29, 0.717) is 0 Å². The molecule has 1 rings (SSSR count). The van der Waals surface area contributed by atoms with Crippen LogP contribution in [0.3, 0.4) is 0 Å². The first-order chi connectivity index (χ1) is 4.94. The molecule has 0 radical (unpaired) electrons. The van der Waals surface area contributed by atoms with Gasteiger partial charge in [-0.3, -0.25) is 4.79 Å². The Morgan fingerprint density at radius 2 is 1.82 bits per heavy atom.